The molecular weight excluding hydrogens is 275 g/mol. The number of nitrogens with zero attached hydrogens (tertiary/aromatic N) is 3. The maximum Gasteiger partial charge on any atom is 0.416 e. The van der Waals surface area contributed by atoms with E-state index < -0.39 is 16.7 Å². The minimum Gasteiger partial charge on any atom is -0.258 e. The molecule has 0 aliphatic rings. The van der Waals surface area contributed by atoms with Crippen LogP contribution in [0.15, 0.2) is 24.3 Å². The zero-order valence-electron chi connectivity index (χ0n) is 10.6. The molecule has 0 N–H and O–H groups in total. The Morgan fingerprint density at radius 3 is 2.15 bits per heavy atom. The molecule has 0 atom stereocenters. The topological polar surface area (TPSA) is 61.0 Å². The van der Waals surface area contributed by atoms with Crippen LogP contribution in [0.2, 0.25) is 0 Å². The van der Waals surface area contributed by atoms with Gasteiger partial charge in [0.1, 0.15) is 11.4 Å². The van der Waals surface area contributed by atoms with Crippen LogP contribution < -0.4 is 0 Å². The van der Waals surface area contributed by atoms with Crippen LogP contribution in [-0.2, 0) is 6.18 Å². The van der Waals surface area contributed by atoms with E-state index in [2.05, 4.69) is 5.10 Å². The average molecular weight is 285 g/mol. The highest BCUT2D eigenvalue weighted by Crippen LogP contribution is 2.30. The molecule has 2 rings (SSSR count). The largest absolute Gasteiger partial charge is 0.416 e. The van der Waals surface area contributed by atoms with E-state index in [0.717, 1.165) is 12.1 Å². The second-order valence-electron chi connectivity index (χ2n) is 4.23. The monoisotopic (exact) mass is 285 g/mol. The SMILES string of the molecule is Cc1nn(-c2ccc(C(F)(F)F)cc2)c(C)c1[N+](=O)[O-]. The lowest BCUT2D eigenvalue weighted by Crippen LogP contribution is -2.06. The normalized spacial score (nSPS) is 11.7. The summed E-state index contributed by atoms with van der Waals surface area (Å²) >= 11 is 0. The van der Waals surface area contributed by atoms with Crippen molar-refractivity contribution in [3.05, 3.63) is 51.3 Å². The van der Waals surface area contributed by atoms with Gasteiger partial charge in [-0.3, -0.25) is 10.1 Å². The predicted molar refractivity (Wildman–Crippen MR) is 64.7 cm³/mol. The fraction of sp³-hybridized carbons (Fsp3) is 0.250. The lowest BCUT2D eigenvalue weighted by molar-refractivity contribution is -0.386. The Labute approximate surface area is 111 Å². The summed E-state index contributed by atoms with van der Waals surface area (Å²) in [6.07, 6.45) is -4.42. The molecule has 1 aromatic heterocycles. The van der Waals surface area contributed by atoms with Gasteiger partial charge in [-0.2, -0.15) is 18.3 Å². The molecule has 1 heterocycles. The zero-order valence-corrected chi connectivity index (χ0v) is 10.6. The third-order valence-electron chi connectivity index (χ3n) is 2.87. The van der Waals surface area contributed by atoms with E-state index in [0.29, 0.717) is 5.69 Å². The van der Waals surface area contributed by atoms with Crippen molar-refractivity contribution >= 4 is 5.69 Å². The first kappa shape index (κ1) is 14.0. The van der Waals surface area contributed by atoms with E-state index in [-0.39, 0.29) is 17.1 Å². The Morgan fingerprint density at radius 2 is 1.75 bits per heavy atom. The van der Waals surface area contributed by atoms with Crippen LogP contribution in [0.1, 0.15) is 17.0 Å². The van der Waals surface area contributed by atoms with Gasteiger partial charge in [0.05, 0.1) is 16.2 Å². The first-order chi connectivity index (χ1) is 9.21. The van der Waals surface area contributed by atoms with Crippen LogP contribution in [0.25, 0.3) is 5.69 Å². The Hall–Kier alpha value is -2.38. The number of nitro groups is 1. The number of hydrogen-bond acceptors (Lipinski definition) is 3. The molecule has 20 heavy (non-hydrogen) atoms. The van der Waals surface area contributed by atoms with Gasteiger partial charge in [0.25, 0.3) is 0 Å². The van der Waals surface area contributed by atoms with Crippen molar-refractivity contribution in [2.24, 2.45) is 0 Å². The maximum atomic E-state index is 12.5. The first-order valence-electron chi connectivity index (χ1n) is 5.60. The van der Waals surface area contributed by atoms with Crippen LogP contribution in [-0.4, -0.2) is 14.7 Å². The van der Waals surface area contributed by atoms with Gasteiger partial charge in [-0.1, -0.05) is 0 Å². The molecule has 0 saturated heterocycles. The number of hydrogen-bond donors (Lipinski definition) is 0. The standard InChI is InChI=1S/C12H10F3N3O2/c1-7-11(18(19)20)8(2)17(16-7)10-5-3-9(4-6-10)12(13,14)15/h3-6H,1-2H3. The number of aromatic nitrogens is 2. The lowest BCUT2D eigenvalue weighted by atomic mass is 10.2. The lowest BCUT2D eigenvalue weighted by Gasteiger charge is -2.08. The van der Waals surface area contributed by atoms with Gasteiger partial charge in [-0.05, 0) is 38.1 Å². The maximum absolute atomic E-state index is 12.5. The summed E-state index contributed by atoms with van der Waals surface area (Å²) in [6, 6.07) is 4.28. The average Bonchev–Trinajstić information content (AvgIpc) is 2.64. The summed E-state index contributed by atoms with van der Waals surface area (Å²) in [5.41, 5.74) is -0.0893. The molecule has 0 bridgehead atoms. The number of alkyl halides is 3. The molecule has 0 saturated carbocycles. The Morgan fingerprint density at radius 1 is 1.20 bits per heavy atom. The minimum atomic E-state index is -4.42. The molecule has 0 aliphatic heterocycles. The van der Waals surface area contributed by atoms with E-state index in [1.165, 1.54) is 30.7 Å². The van der Waals surface area contributed by atoms with Crippen molar-refractivity contribution in [3.63, 3.8) is 0 Å². The third kappa shape index (κ3) is 2.36. The van der Waals surface area contributed by atoms with Gasteiger partial charge in [-0.15, -0.1) is 0 Å². The van der Waals surface area contributed by atoms with Crippen molar-refractivity contribution in [1.82, 2.24) is 9.78 Å². The summed E-state index contributed by atoms with van der Waals surface area (Å²) < 4.78 is 38.6. The molecule has 1 aromatic carbocycles. The summed E-state index contributed by atoms with van der Waals surface area (Å²) in [5.74, 6) is 0. The predicted octanol–water partition coefficient (Wildman–Crippen LogP) is 3.42. The van der Waals surface area contributed by atoms with Gasteiger partial charge in [-0.25, -0.2) is 4.68 Å². The highest BCUT2D eigenvalue weighted by atomic mass is 19.4. The molecule has 0 aliphatic carbocycles. The van der Waals surface area contributed by atoms with Crippen LogP contribution in [0.4, 0.5) is 18.9 Å². The Bertz CT molecular complexity index is 660. The van der Waals surface area contributed by atoms with Gasteiger partial charge >= 0.3 is 11.9 Å². The molecule has 5 nitrogen and oxygen atoms in total. The van der Waals surface area contributed by atoms with Crippen molar-refractivity contribution in [1.29, 1.82) is 0 Å². The van der Waals surface area contributed by atoms with Crippen LogP contribution in [0.5, 0.6) is 0 Å². The van der Waals surface area contributed by atoms with E-state index >= 15 is 0 Å². The van der Waals surface area contributed by atoms with Crippen molar-refractivity contribution in [3.8, 4) is 5.69 Å². The second-order valence-corrected chi connectivity index (χ2v) is 4.23. The fourth-order valence-corrected chi connectivity index (χ4v) is 1.94. The van der Waals surface area contributed by atoms with E-state index in [1.54, 1.807) is 0 Å². The van der Waals surface area contributed by atoms with Crippen LogP contribution in [0, 0.1) is 24.0 Å². The highest BCUT2D eigenvalue weighted by molar-refractivity contribution is 5.45. The minimum absolute atomic E-state index is 0.134. The van der Waals surface area contributed by atoms with Crippen molar-refractivity contribution in [2.75, 3.05) is 0 Å². The second kappa shape index (κ2) is 4.62. The summed E-state index contributed by atoms with van der Waals surface area (Å²) in [4.78, 5) is 10.3. The van der Waals surface area contributed by atoms with Crippen molar-refractivity contribution in [2.45, 2.75) is 20.0 Å². The van der Waals surface area contributed by atoms with Gasteiger partial charge in [0.15, 0.2) is 0 Å². The Balaban J connectivity index is 2.48. The van der Waals surface area contributed by atoms with Gasteiger partial charge < -0.3 is 0 Å². The molecule has 0 radical (unpaired) electrons. The van der Waals surface area contributed by atoms with Crippen molar-refractivity contribution < 1.29 is 18.1 Å². The molecule has 8 heteroatoms. The number of aryl methyl sites for hydroxylation is 1. The molecule has 0 fully saturated rings. The van der Waals surface area contributed by atoms with E-state index in [9.17, 15) is 23.3 Å². The van der Waals surface area contributed by atoms with E-state index in [1.807, 2.05) is 0 Å². The zero-order chi connectivity index (χ0) is 15.1. The molecule has 0 amide bonds. The first-order valence-corrected chi connectivity index (χ1v) is 5.60. The molecule has 0 spiro atoms. The van der Waals surface area contributed by atoms with Crippen LogP contribution in [0.3, 0.4) is 0 Å². The number of halogens is 3. The van der Waals surface area contributed by atoms with Crippen LogP contribution >= 0.6 is 0 Å². The number of benzene rings is 1. The molecule has 2 aromatic rings. The molecule has 0 unspecified atom stereocenters. The summed E-state index contributed by atoms with van der Waals surface area (Å²) in [6.45, 7) is 2.97. The quantitative estimate of drug-likeness (QED) is 0.627. The molecular formula is C12H10F3N3O2. The van der Waals surface area contributed by atoms with E-state index in [4.69, 9.17) is 0 Å². The summed E-state index contributed by atoms with van der Waals surface area (Å²) in [7, 11) is 0. The smallest absolute Gasteiger partial charge is 0.258 e. The number of rotatable bonds is 2. The third-order valence-corrected chi connectivity index (χ3v) is 2.87. The fourth-order valence-electron chi connectivity index (χ4n) is 1.94. The summed E-state index contributed by atoms with van der Waals surface area (Å²) in [5, 5.41) is 14.9. The Kier molecular flexibility index (Phi) is 3.24. The van der Waals surface area contributed by atoms with Gasteiger partial charge in [0.2, 0.25) is 0 Å². The van der Waals surface area contributed by atoms with Gasteiger partial charge in [0, 0.05) is 0 Å². The molecule has 106 valence electrons. The highest BCUT2D eigenvalue weighted by Gasteiger charge is 2.30.